The predicted octanol–water partition coefficient (Wildman–Crippen LogP) is 4.70. The summed E-state index contributed by atoms with van der Waals surface area (Å²) in [4.78, 5) is 10.9. The first-order chi connectivity index (χ1) is 12.2. The van der Waals surface area contributed by atoms with Crippen molar-refractivity contribution in [1.82, 2.24) is 9.97 Å². The molecule has 5 nitrogen and oxygen atoms in total. The third-order valence-electron chi connectivity index (χ3n) is 3.93. The lowest BCUT2D eigenvalue weighted by atomic mass is 10.2. The number of hydrogen-bond acceptors (Lipinski definition) is 5. The number of hydrogen-bond donors (Lipinski definition) is 1. The molecular weight excluding hydrogens is 312 g/mol. The number of methoxy groups -OCH3 is 1. The van der Waals surface area contributed by atoms with E-state index >= 15 is 0 Å². The van der Waals surface area contributed by atoms with Gasteiger partial charge in [0.2, 0.25) is 0 Å². The van der Waals surface area contributed by atoms with Gasteiger partial charge in [-0.1, -0.05) is 24.3 Å². The molecule has 0 unspecified atom stereocenters. The molecule has 3 rings (SSSR count). The molecule has 128 valence electrons. The Morgan fingerprint density at radius 3 is 2.56 bits per heavy atom. The van der Waals surface area contributed by atoms with Gasteiger partial charge >= 0.3 is 0 Å². The summed E-state index contributed by atoms with van der Waals surface area (Å²) in [6.07, 6.45) is 1.57. The minimum absolute atomic E-state index is 0.725. The van der Waals surface area contributed by atoms with Gasteiger partial charge in [0.1, 0.15) is 23.7 Å². The summed E-state index contributed by atoms with van der Waals surface area (Å²) in [6.45, 7) is 4.96. The van der Waals surface area contributed by atoms with E-state index in [1.165, 1.54) is 0 Å². The summed E-state index contributed by atoms with van der Waals surface area (Å²) >= 11 is 0. The zero-order chi connectivity index (χ0) is 17.6. The third-order valence-corrected chi connectivity index (χ3v) is 3.93. The van der Waals surface area contributed by atoms with E-state index in [0.29, 0.717) is 0 Å². The average Bonchev–Trinajstić information content (AvgIpc) is 2.64. The molecule has 0 saturated carbocycles. The largest absolute Gasteiger partial charge is 0.495 e. The van der Waals surface area contributed by atoms with Crippen LogP contribution in [0.1, 0.15) is 12.5 Å². The van der Waals surface area contributed by atoms with E-state index in [-0.39, 0.29) is 0 Å². The normalized spacial score (nSPS) is 10.4. The Hall–Kier alpha value is -3.08. The van der Waals surface area contributed by atoms with Gasteiger partial charge in [-0.25, -0.2) is 9.97 Å². The lowest BCUT2D eigenvalue weighted by molar-refractivity contribution is 0.416. The van der Waals surface area contributed by atoms with Gasteiger partial charge in [0, 0.05) is 18.3 Å². The number of anilines is 4. The quantitative estimate of drug-likeness (QED) is 0.708. The van der Waals surface area contributed by atoms with Crippen molar-refractivity contribution in [2.45, 2.75) is 13.8 Å². The van der Waals surface area contributed by atoms with Crippen molar-refractivity contribution >= 4 is 23.0 Å². The Kier molecular flexibility index (Phi) is 5.14. The monoisotopic (exact) mass is 334 g/mol. The average molecular weight is 334 g/mol. The first-order valence-corrected chi connectivity index (χ1v) is 8.27. The van der Waals surface area contributed by atoms with E-state index in [0.717, 1.165) is 40.9 Å². The molecule has 1 heterocycles. The van der Waals surface area contributed by atoms with E-state index < -0.39 is 0 Å². The van der Waals surface area contributed by atoms with Gasteiger partial charge in [-0.15, -0.1) is 0 Å². The number of ether oxygens (including phenoxy) is 1. The summed E-state index contributed by atoms with van der Waals surface area (Å²) in [5.41, 5.74) is 3.13. The maximum Gasteiger partial charge on any atom is 0.142 e. The van der Waals surface area contributed by atoms with Crippen molar-refractivity contribution in [3.8, 4) is 5.75 Å². The van der Waals surface area contributed by atoms with Crippen molar-refractivity contribution < 1.29 is 4.74 Å². The predicted molar refractivity (Wildman–Crippen MR) is 102 cm³/mol. The number of nitrogens with one attached hydrogen (secondary N) is 1. The second-order valence-electron chi connectivity index (χ2n) is 5.67. The molecule has 0 aliphatic rings. The van der Waals surface area contributed by atoms with Crippen LogP contribution in [0.5, 0.6) is 5.75 Å². The molecule has 0 spiro atoms. The lowest BCUT2D eigenvalue weighted by Gasteiger charge is -2.22. The van der Waals surface area contributed by atoms with Crippen LogP contribution >= 0.6 is 0 Å². The van der Waals surface area contributed by atoms with Crippen LogP contribution in [0.4, 0.5) is 23.0 Å². The van der Waals surface area contributed by atoms with Gasteiger partial charge in [0.25, 0.3) is 0 Å². The highest BCUT2D eigenvalue weighted by Crippen LogP contribution is 2.29. The summed E-state index contributed by atoms with van der Waals surface area (Å²) in [6, 6.07) is 18.1. The van der Waals surface area contributed by atoms with Crippen LogP contribution in [-0.4, -0.2) is 23.6 Å². The summed E-state index contributed by atoms with van der Waals surface area (Å²) in [7, 11) is 1.66. The fraction of sp³-hybridized carbons (Fsp3) is 0.200. The lowest BCUT2D eigenvalue weighted by Crippen LogP contribution is -2.17. The first-order valence-electron chi connectivity index (χ1n) is 8.27. The molecule has 0 atom stereocenters. The van der Waals surface area contributed by atoms with Gasteiger partial charge in [0.05, 0.1) is 12.8 Å². The number of para-hydroxylation sites is 1. The zero-order valence-corrected chi connectivity index (χ0v) is 14.7. The molecule has 5 heteroatoms. The number of nitrogens with zero attached hydrogens (tertiary/aromatic N) is 3. The molecule has 3 aromatic rings. The Balaban J connectivity index is 1.90. The molecule has 0 fully saturated rings. The molecule has 0 aliphatic carbocycles. The van der Waals surface area contributed by atoms with E-state index in [9.17, 15) is 0 Å². The maximum atomic E-state index is 5.42. The molecule has 0 aliphatic heterocycles. The van der Waals surface area contributed by atoms with Crippen LogP contribution in [0.3, 0.4) is 0 Å². The van der Waals surface area contributed by atoms with Gasteiger partial charge in [0.15, 0.2) is 0 Å². The zero-order valence-electron chi connectivity index (χ0n) is 14.7. The molecule has 0 radical (unpaired) electrons. The van der Waals surface area contributed by atoms with Gasteiger partial charge in [-0.2, -0.15) is 0 Å². The molecule has 0 bridgehead atoms. The number of rotatable bonds is 6. The molecule has 1 aromatic heterocycles. The number of aromatic nitrogens is 2. The van der Waals surface area contributed by atoms with Crippen LogP contribution in [0.15, 0.2) is 60.9 Å². The van der Waals surface area contributed by atoms with Crippen LogP contribution in [0, 0.1) is 6.92 Å². The Labute approximate surface area is 148 Å². The summed E-state index contributed by atoms with van der Waals surface area (Å²) in [5.74, 6) is 2.35. The molecule has 1 N–H and O–H groups in total. The van der Waals surface area contributed by atoms with Gasteiger partial charge in [-0.05, 0) is 43.7 Å². The minimum Gasteiger partial charge on any atom is -0.495 e. The highest BCUT2D eigenvalue weighted by molar-refractivity contribution is 5.68. The van der Waals surface area contributed by atoms with Crippen molar-refractivity contribution in [2.75, 3.05) is 23.9 Å². The van der Waals surface area contributed by atoms with Crippen LogP contribution in [0.2, 0.25) is 0 Å². The van der Waals surface area contributed by atoms with Gasteiger partial charge in [-0.3, -0.25) is 0 Å². The fourth-order valence-corrected chi connectivity index (χ4v) is 2.71. The van der Waals surface area contributed by atoms with Crippen LogP contribution in [-0.2, 0) is 0 Å². The molecule has 0 saturated heterocycles. The van der Waals surface area contributed by atoms with Crippen LogP contribution < -0.4 is 15.0 Å². The van der Waals surface area contributed by atoms with Crippen molar-refractivity contribution in [2.24, 2.45) is 0 Å². The second kappa shape index (κ2) is 7.66. The SMILES string of the molecule is CCN(c1ccccc1)c1cc(Nc2cc(C)ccc2OC)ncn1. The molecule has 2 aromatic carbocycles. The Bertz CT molecular complexity index is 836. The summed E-state index contributed by atoms with van der Waals surface area (Å²) in [5, 5.41) is 3.33. The maximum absolute atomic E-state index is 5.42. The number of aryl methyl sites for hydroxylation is 1. The van der Waals surface area contributed by atoms with E-state index in [2.05, 4.69) is 39.2 Å². The summed E-state index contributed by atoms with van der Waals surface area (Å²) < 4.78 is 5.42. The smallest absolute Gasteiger partial charge is 0.142 e. The minimum atomic E-state index is 0.725. The van der Waals surface area contributed by atoms with E-state index in [1.807, 2.05) is 49.4 Å². The van der Waals surface area contributed by atoms with Crippen molar-refractivity contribution in [3.63, 3.8) is 0 Å². The van der Waals surface area contributed by atoms with Crippen molar-refractivity contribution in [3.05, 3.63) is 66.5 Å². The van der Waals surface area contributed by atoms with Crippen LogP contribution in [0.25, 0.3) is 0 Å². The van der Waals surface area contributed by atoms with E-state index in [4.69, 9.17) is 4.74 Å². The first kappa shape index (κ1) is 16.8. The van der Waals surface area contributed by atoms with E-state index in [1.54, 1.807) is 13.4 Å². The highest BCUT2D eigenvalue weighted by Gasteiger charge is 2.11. The fourth-order valence-electron chi connectivity index (χ4n) is 2.71. The standard InChI is InChI=1S/C20H22N4O/c1-4-24(16-8-6-5-7-9-16)20-13-19(21-14-22-20)23-17-12-15(2)10-11-18(17)25-3/h5-14H,4H2,1-3H3,(H,21,22,23). The van der Waals surface area contributed by atoms with Crippen molar-refractivity contribution in [1.29, 1.82) is 0 Å². The second-order valence-corrected chi connectivity index (χ2v) is 5.67. The number of benzene rings is 2. The molecule has 25 heavy (non-hydrogen) atoms. The molecule has 0 amide bonds. The Morgan fingerprint density at radius 2 is 1.84 bits per heavy atom. The topological polar surface area (TPSA) is 50.3 Å². The third kappa shape index (κ3) is 3.88. The highest BCUT2D eigenvalue weighted by atomic mass is 16.5. The van der Waals surface area contributed by atoms with Gasteiger partial charge < -0.3 is 15.0 Å². The molecular formula is C20H22N4O. The Morgan fingerprint density at radius 1 is 1.04 bits per heavy atom.